The fourth-order valence-electron chi connectivity index (χ4n) is 11.2. The van der Waals surface area contributed by atoms with Gasteiger partial charge in [0.25, 0.3) is 6.71 Å². The zero-order chi connectivity index (χ0) is 42.6. The van der Waals surface area contributed by atoms with Crippen LogP contribution in [0.25, 0.3) is 43.4 Å². The minimum absolute atomic E-state index is 0.0948. The van der Waals surface area contributed by atoms with E-state index in [-0.39, 0.29) is 6.71 Å². The number of fused-ring (bicyclic) bond motifs is 10. The molecule has 2 nitrogen and oxygen atoms in total. The Morgan fingerprint density at radius 2 is 0.794 bits per heavy atom. The van der Waals surface area contributed by atoms with Crippen LogP contribution in [0.4, 0.5) is 34.1 Å². The lowest BCUT2D eigenvalue weighted by molar-refractivity contribution is 0.921. The van der Waals surface area contributed by atoms with Gasteiger partial charge in [0, 0.05) is 34.0 Å². The molecule has 0 aromatic heterocycles. The second-order valence-electron chi connectivity index (χ2n) is 17.9. The average Bonchev–Trinajstić information content (AvgIpc) is 3.32. The minimum Gasteiger partial charge on any atom is -0.311 e. The van der Waals surface area contributed by atoms with Gasteiger partial charge in [-0.15, -0.1) is 0 Å². The summed E-state index contributed by atoms with van der Waals surface area (Å²) in [5.74, 6) is 0. The van der Waals surface area contributed by atoms with Crippen molar-refractivity contribution >= 4 is 89.5 Å². The second-order valence-corrected chi connectivity index (χ2v) is 17.9. The molecule has 0 bridgehead atoms. The summed E-state index contributed by atoms with van der Waals surface area (Å²) in [4.78, 5) is 5.19. The zero-order valence-corrected chi connectivity index (χ0v) is 37.2. The molecule has 9 aromatic carbocycles. The van der Waals surface area contributed by atoms with Crippen molar-refractivity contribution < 1.29 is 0 Å². The highest BCUT2D eigenvalue weighted by atomic mass is 15.2. The van der Waals surface area contributed by atoms with E-state index in [0.29, 0.717) is 0 Å². The molecule has 0 N–H and O–H groups in total. The summed E-state index contributed by atoms with van der Waals surface area (Å²) in [6.07, 6.45) is 8.71. The molecule has 0 amide bonds. The molecule has 63 heavy (non-hydrogen) atoms. The molecule has 0 radical (unpaired) electrons. The number of benzene rings is 9. The summed E-state index contributed by atoms with van der Waals surface area (Å²) in [5, 5.41) is 7.83. The minimum atomic E-state index is 0.0948. The molecule has 0 atom stereocenters. The second kappa shape index (κ2) is 16.3. The average molecular weight is 815 g/mol. The van der Waals surface area contributed by atoms with Crippen molar-refractivity contribution in [1.82, 2.24) is 0 Å². The third-order valence-corrected chi connectivity index (χ3v) is 13.8. The van der Waals surface area contributed by atoms with Gasteiger partial charge in [-0.25, -0.2) is 0 Å². The summed E-state index contributed by atoms with van der Waals surface area (Å²) in [5.41, 5.74) is 19.8. The van der Waals surface area contributed by atoms with E-state index in [2.05, 4.69) is 201 Å². The Morgan fingerprint density at radius 1 is 0.349 bits per heavy atom. The van der Waals surface area contributed by atoms with Crippen LogP contribution in [0.1, 0.15) is 75.6 Å². The first-order valence-electron chi connectivity index (χ1n) is 23.6. The first-order chi connectivity index (χ1) is 31.1. The molecule has 0 aliphatic carbocycles. The normalized spacial score (nSPS) is 12.9. The van der Waals surface area contributed by atoms with Crippen LogP contribution in [-0.2, 0) is 25.7 Å². The van der Waals surface area contributed by atoms with Crippen LogP contribution in [0, 0.1) is 0 Å². The summed E-state index contributed by atoms with van der Waals surface area (Å²) < 4.78 is 0. The van der Waals surface area contributed by atoms with E-state index in [1.165, 1.54) is 116 Å². The lowest BCUT2D eigenvalue weighted by atomic mass is 9.33. The Kier molecular flexibility index (Phi) is 10.2. The topological polar surface area (TPSA) is 6.48 Å². The number of hydrogen-bond donors (Lipinski definition) is 0. The molecule has 3 heteroatoms. The first-order valence-corrected chi connectivity index (χ1v) is 23.6. The molecule has 0 spiro atoms. The Labute approximate surface area is 373 Å². The molecule has 0 saturated carbocycles. The zero-order valence-electron chi connectivity index (χ0n) is 37.2. The van der Waals surface area contributed by atoms with Crippen molar-refractivity contribution in [3.8, 4) is 11.1 Å². The number of rotatable bonds is 11. The first kappa shape index (κ1) is 39.3. The molecular formula is C60H55BN2. The summed E-state index contributed by atoms with van der Waals surface area (Å²) in [6, 6.07) is 63.5. The van der Waals surface area contributed by atoms with Gasteiger partial charge in [-0.1, -0.05) is 169 Å². The molecule has 0 fully saturated rings. The molecule has 9 aromatic rings. The maximum atomic E-state index is 2.64. The van der Waals surface area contributed by atoms with E-state index in [0.717, 1.165) is 51.4 Å². The lowest BCUT2D eigenvalue weighted by Crippen LogP contribution is -2.61. The monoisotopic (exact) mass is 814 g/mol. The van der Waals surface area contributed by atoms with Crippen molar-refractivity contribution in [1.29, 1.82) is 0 Å². The number of hydrogen-bond acceptors (Lipinski definition) is 2. The van der Waals surface area contributed by atoms with E-state index < -0.39 is 0 Å². The Morgan fingerprint density at radius 3 is 1.38 bits per heavy atom. The van der Waals surface area contributed by atoms with E-state index >= 15 is 0 Å². The van der Waals surface area contributed by atoms with E-state index in [1.54, 1.807) is 0 Å². The SMILES string of the molecule is CCCc1ccc(N2c3ccc(CCC)cc3B3c4cc(CCC)ccc4N(c4ccc(CCC)cc4-c4cccc5c6ccccc6c6ccccc6c45)c4cccc2c43)cc1. The number of anilines is 6. The van der Waals surface area contributed by atoms with Gasteiger partial charge >= 0.3 is 0 Å². The van der Waals surface area contributed by atoms with Crippen molar-refractivity contribution in [3.63, 3.8) is 0 Å². The van der Waals surface area contributed by atoms with Crippen molar-refractivity contribution in [2.75, 3.05) is 9.80 Å². The highest BCUT2D eigenvalue weighted by Crippen LogP contribution is 2.49. The number of nitrogens with zero attached hydrogens (tertiary/aromatic N) is 2. The van der Waals surface area contributed by atoms with Gasteiger partial charge < -0.3 is 9.80 Å². The third kappa shape index (κ3) is 6.47. The number of aryl methyl sites for hydroxylation is 4. The lowest BCUT2D eigenvalue weighted by Gasteiger charge is -2.44. The maximum Gasteiger partial charge on any atom is 0.252 e. The van der Waals surface area contributed by atoms with Gasteiger partial charge in [0.05, 0.1) is 5.69 Å². The molecule has 11 rings (SSSR count). The van der Waals surface area contributed by atoms with Gasteiger partial charge in [-0.05, 0) is 151 Å². The van der Waals surface area contributed by atoms with Crippen LogP contribution in [0.15, 0.2) is 164 Å². The van der Waals surface area contributed by atoms with Gasteiger partial charge in [-0.3, -0.25) is 0 Å². The Balaban J connectivity index is 1.22. The largest absolute Gasteiger partial charge is 0.311 e. The van der Waals surface area contributed by atoms with Gasteiger partial charge in [0.1, 0.15) is 0 Å². The quantitative estimate of drug-likeness (QED) is 0.0948. The molecule has 308 valence electrons. The van der Waals surface area contributed by atoms with Crippen molar-refractivity contribution in [2.24, 2.45) is 0 Å². The standard InChI is InChI=1S/C60H55BN2/c1-5-15-40-27-32-44(33-28-40)62-55-35-30-42(17-7-3)38-52(55)61-53-39-43(18-8-4)31-36-56(53)63(58-26-14-25-57(62)60(58)61)54-34-29-41(16-6-2)37-51(54)50-24-13-23-49-47-20-10-9-19-45(47)46-21-11-12-22-48(46)59(49)50/h9-14,19-39H,5-8,15-18H2,1-4H3. The van der Waals surface area contributed by atoms with Gasteiger partial charge in [0.15, 0.2) is 0 Å². The van der Waals surface area contributed by atoms with E-state index in [9.17, 15) is 0 Å². The van der Waals surface area contributed by atoms with Crippen molar-refractivity contribution in [3.05, 3.63) is 186 Å². The molecule has 2 aliphatic rings. The predicted octanol–water partition coefficient (Wildman–Crippen LogP) is 14.7. The van der Waals surface area contributed by atoms with Crippen LogP contribution in [0.2, 0.25) is 0 Å². The Hall–Kier alpha value is -6.58. The molecule has 0 unspecified atom stereocenters. The van der Waals surface area contributed by atoms with Crippen LogP contribution in [0.5, 0.6) is 0 Å². The fraction of sp³-hybridized carbons (Fsp3) is 0.200. The van der Waals surface area contributed by atoms with Gasteiger partial charge in [-0.2, -0.15) is 0 Å². The fourth-order valence-corrected chi connectivity index (χ4v) is 11.2. The van der Waals surface area contributed by atoms with E-state index in [1.807, 2.05) is 0 Å². The van der Waals surface area contributed by atoms with E-state index in [4.69, 9.17) is 0 Å². The highest BCUT2D eigenvalue weighted by Gasteiger charge is 2.43. The van der Waals surface area contributed by atoms with Crippen LogP contribution < -0.4 is 26.2 Å². The van der Waals surface area contributed by atoms with Crippen molar-refractivity contribution in [2.45, 2.75) is 79.1 Å². The van der Waals surface area contributed by atoms with Crippen LogP contribution in [0.3, 0.4) is 0 Å². The maximum absolute atomic E-state index is 2.64. The predicted molar refractivity (Wildman–Crippen MR) is 274 cm³/mol. The Bertz CT molecular complexity index is 3150. The molecule has 2 heterocycles. The smallest absolute Gasteiger partial charge is 0.252 e. The molecular weight excluding hydrogens is 759 g/mol. The summed E-state index contributed by atoms with van der Waals surface area (Å²) in [7, 11) is 0. The molecule has 2 aliphatic heterocycles. The summed E-state index contributed by atoms with van der Waals surface area (Å²) in [6.45, 7) is 9.26. The van der Waals surface area contributed by atoms with Crippen LogP contribution >= 0.6 is 0 Å². The third-order valence-electron chi connectivity index (χ3n) is 13.8. The summed E-state index contributed by atoms with van der Waals surface area (Å²) >= 11 is 0. The van der Waals surface area contributed by atoms with Gasteiger partial charge in [0.2, 0.25) is 0 Å². The highest BCUT2D eigenvalue weighted by molar-refractivity contribution is 7.00. The molecule has 0 saturated heterocycles. The van der Waals surface area contributed by atoms with Crippen LogP contribution in [-0.4, -0.2) is 6.71 Å².